The third-order valence-corrected chi connectivity index (χ3v) is 2.82. The van der Waals surface area contributed by atoms with Gasteiger partial charge >= 0.3 is 12.1 Å². The lowest BCUT2D eigenvalue weighted by atomic mass is 10.1. The van der Waals surface area contributed by atoms with E-state index < -0.39 is 12.1 Å². The zero-order chi connectivity index (χ0) is 10.4. The molecule has 1 saturated carbocycles. The van der Waals surface area contributed by atoms with E-state index in [0.29, 0.717) is 6.54 Å². The molecule has 3 nitrogen and oxygen atoms in total. The van der Waals surface area contributed by atoms with E-state index in [2.05, 4.69) is 4.84 Å². The van der Waals surface area contributed by atoms with Crippen LogP contribution in [0.4, 0.5) is 13.2 Å². The Morgan fingerprint density at radius 3 is 2.36 bits per heavy atom. The van der Waals surface area contributed by atoms with Crippen LogP contribution in [0.2, 0.25) is 0 Å². The molecule has 0 bridgehead atoms. The molecule has 1 heterocycles. The summed E-state index contributed by atoms with van der Waals surface area (Å²) in [4.78, 5) is 14.7. The minimum absolute atomic E-state index is 0.249. The van der Waals surface area contributed by atoms with Crippen LogP contribution >= 0.6 is 0 Å². The molecule has 1 aliphatic carbocycles. The molecule has 1 unspecified atom stereocenters. The monoisotopic (exact) mass is 209 g/mol. The molecule has 1 atom stereocenters. The van der Waals surface area contributed by atoms with Crippen molar-refractivity contribution in [3.05, 3.63) is 0 Å². The van der Waals surface area contributed by atoms with Crippen LogP contribution < -0.4 is 0 Å². The summed E-state index contributed by atoms with van der Waals surface area (Å²) < 4.78 is 35.4. The maximum atomic E-state index is 11.8. The third kappa shape index (κ3) is 1.58. The second-order valence-electron chi connectivity index (χ2n) is 3.84. The van der Waals surface area contributed by atoms with Gasteiger partial charge in [0.1, 0.15) is 0 Å². The van der Waals surface area contributed by atoms with Gasteiger partial charge in [0.15, 0.2) is 0 Å². The molecule has 0 N–H and O–H groups in total. The summed E-state index contributed by atoms with van der Waals surface area (Å²) in [7, 11) is 0. The van der Waals surface area contributed by atoms with Crippen molar-refractivity contribution in [1.29, 1.82) is 0 Å². The quantitative estimate of drug-likeness (QED) is 0.615. The van der Waals surface area contributed by atoms with Crippen LogP contribution in [0.1, 0.15) is 25.7 Å². The standard InChI is InChI=1S/C8H10F3NO2/c9-8(10,11)6(13)14-12-5-7(12)3-1-2-4-7/h1-5H2. The van der Waals surface area contributed by atoms with Crippen molar-refractivity contribution in [2.24, 2.45) is 0 Å². The number of alkyl halides is 3. The van der Waals surface area contributed by atoms with E-state index in [0.717, 1.165) is 30.7 Å². The van der Waals surface area contributed by atoms with E-state index in [-0.39, 0.29) is 5.54 Å². The van der Waals surface area contributed by atoms with Crippen LogP contribution in [-0.2, 0) is 9.63 Å². The van der Waals surface area contributed by atoms with Gasteiger partial charge in [-0.15, -0.1) is 5.06 Å². The molecule has 6 heteroatoms. The van der Waals surface area contributed by atoms with Gasteiger partial charge in [0.2, 0.25) is 0 Å². The van der Waals surface area contributed by atoms with Crippen molar-refractivity contribution < 1.29 is 22.8 Å². The molecule has 0 radical (unpaired) electrons. The molecular formula is C8H10F3NO2. The lowest BCUT2D eigenvalue weighted by molar-refractivity contribution is -0.224. The van der Waals surface area contributed by atoms with Gasteiger partial charge in [-0.3, -0.25) is 0 Å². The fraction of sp³-hybridized carbons (Fsp3) is 0.875. The maximum absolute atomic E-state index is 11.8. The van der Waals surface area contributed by atoms with Crippen molar-refractivity contribution >= 4 is 5.97 Å². The number of hydrogen-bond donors (Lipinski definition) is 0. The van der Waals surface area contributed by atoms with Gasteiger partial charge in [0.05, 0.1) is 12.1 Å². The van der Waals surface area contributed by atoms with E-state index in [4.69, 9.17) is 0 Å². The fourth-order valence-electron chi connectivity index (χ4n) is 1.95. The van der Waals surface area contributed by atoms with Gasteiger partial charge < -0.3 is 4.84 Å². The first-order valence-corrected chi connectivity index (χ1v) is 4.51. The Morgan fingerprint density at radius 1 is 1.29 bits per heavy atom. The van der Waals surface area contributed by atoms with E-state index in [1.807, 2.05) is 0 Å². The number of carbonyl (C=O) groups excluding carboxylic acids is 1. The Labute approximate surface area is 78.8 Å². The van der Waals surface area contributed by atoms with Crippen LogP contribution in [0.3, 0.4) is 0 Å². The van der Waals surface area contributed by atoms with Crippen molar-refractivity contribution in [3.63, 3.8) is 0 Å². The first kappa shape index (κ1) is 9.76. The molecule has 2 aliphatic rings. The topological polar surface area (TPSA) is 29.3 Å². The minimum Gasteiger partial charge on any atom is -0.360 e. The van der Waals surface area contributed by atoms with Crippen molar-refractivity contribution in [3.8, 4) is 0 Å². The van der Waals surface area contributed by atoms with Gasteiger partial charge in [-0.05, 0) is 12.8 Å². The summed E-state index contributed by atoms with van der Waals surface area (Å²) in [5, 5.41) is 1.16. The summed E-state index contributed by atoms with van der Waals surface area (Å²) in [5.41, 5.74) is -0.249. The number of rotatable bonds is 1. The van der Waals surface area contributed by atoms with Crippen LogP contribution in [0.5, 0.6) is 0 Å². The second kappa shape index (κ2) is 2.85. The molecule has 1 saturated heterocycles. The SMILES string of the molecule is O=C(ON1CC12CCCC2)C(F)(F)F. The average Bonchev–Trinajstić information content (AvgIpc) is 2.53. The zero-order valence-electron chi connectivity index (χ0n) is 7.43. The number of nitrogens with zero attached hydrogens (tertiary/aromatic N) is 1. The zero-order valence-corrected chi connectivity index (χ0v) is 7.43. The van der Waals surface area contributed by atoms with Gasteiger partial charge in [-0.1, -0.05) is 12.8 Å². The number of carbonyl (C=O) groups is 1. The molecule has 0 amide bonds. The smallest absolute Gasteiger partial charge is 0.360 e. The van der Waals surface area contributed by atoms with Crippen LogP contribution in [0.25, 0.3) is 0 Å². The molecule has 80 valence electrons. The van der Waals surface area contributed by atoms with Crippen LogP contribution in [-0.4, -0.2) is 29.3 Å². The van der Waals surface area contributed by atoms with E-state index in [1.165, 1.54) is 0 Å². The summed E-state index contributed by atoms with van der Waals surface area (Å²) >= 11 is 0. The normalized spacial score (nSPS) is 29.2. The third-order valence-electron chi connectivity index (χ3n) is 2.82. The van der Waals surface area contributed by atoms with Crippen LogP contribution in [0.15, 0.2) is 0 Å². The largest absolute Gasteiger partial charge is 0.492 e. The van der Waals surface area contributed by atoms with Gasteiger partial charge in [0, 0.05) is 0 Å². The molecule has 0 aromatic rings. The van der Waals surface area contributed by atoms with Crippen molar-refractivity contribution in [2.45, 2.75) is 37.4 Å². The first-order chi connectivity index (χ1) is 6.44. The summed E-state index contributed by atoms with van der Waals surface area (Å²) in [6.45, 7) is 0.453. The van der Waals surface area contributed by atoms with Crippen molar-refractivity contribution in [1.82, 2.24) is 5.06 Å². The Bertz CT molecular complexity index is 258. The molecule has 14 heavy (non-hydrogen) atoms. The minimum atomic E-state index is -4.89. The lowest BCUT2D eigenvalue weighted by Gasteiger charge is -2.11. The second-order valence-corrected chi connectivity index (χ2v) is 3.84. The fourth-order valence-corrected chi connectivity index (χ4v) is 1.95. The Hall–Kier alpha value is -0.780. The first-order valence-electron chi connectivity index (χ1n) is 4.51. The highest BCUT2D eigenvalue weighted by Gasteiger charge is 2.58. The predicted octanol–water partition coefficient (Wildman–Crippen LogP) is 1.64. The van der Waals surface area contributed by atoms with Gasteiger partial charge in [0.25, 0.3) is 0 Å². The highest BCUT2D eigenvalue weighted by molar-refractivity contribution is 5.75. The summed E-state index contributed by atoms with van der Waals surface area (Å²) in [6, 6.07) is 0. The Morgan fingerprint density at radius 2 is 1.86 bits per heavy atom. The number of hydrogen-bond acceptors (Lipinski definition) is 3. The van der Waals surface area contributed by atoms with Gasteiger partial charge in [-0.2, -0.15) is 13.2 Å². The Balaban J connectivity index is 1.87. The Kier molecular flexibility index (Phi) is 1.99. The molecule has 0 aromatic heterocycles. The predicted molar refractivity (Wildman–Crippen MR) is 40.1 cm³/mol. The summed E-state index contributed by atoms with van der Waals surface area (Å²) in [6.07, 6.45) is -1.22. The molecule has 1 aliphatic heterocycles. The number of hydroxylamine groups is 2. The lowest BCUT2D eigenvalue weighted by Crippen LogP contribution is -2.29. The highest BCUT2D eigenvalue weighted by atomic mass is 19.4. The van der Waals surface area contributed by atoms with E-state index in [1.54, 1.807) is 0 Å². The van der Waals surface area contributed by atoms with Crippen molar-refractivity contribution in [2.75, 3.05) is 6.54 Å². The molecule has 2 rings (SSSR count). The molecule has 2 fully saturated rings. The maximum Gasteiger partial charge on any atom is 0.492 e. The highest BCUT2D eigenvalue weighted by Crippen LogP contribution is 2.47. The molecule has 1 spiro atoms. The van der Waals surface area contributed by atoms with Gasteiger partial charge in [-0.25, -0.2) is 4.79 Å². The number of halogens is 3. The summed E-state index contributed by atoms with van der Waals surface area (Å²) in [5.74, 6) is -2.11. The molecular weight excluding hydrogens is 199 g/mol. The van der Waals surface area contributed by atoms with E-state index in [9.17, 15) is 18.0 Å². The van der Waals surface area contributed by atoms with E-state index >= 15 is 0 Å². The van der Waals surface area contributed by atoms with Crippen LogP contribution in [0, 0.1) is 0 Å². The average molecular weight is 209 g/mol. The molecule has 0 aromatic carbocycles.